The predicted octanol–water partition coefficient (Wildman–Crippen LogP) is 5.27. The van der Waals surface area contributed by atoms with Crippen LogP contribution < -0.4 is 19.5 Å². The molecule has 7 nitrogen and oxygen atoms in total. The third kappa shape index (κ3) is 5.36. The first-order valence-electron chi connectivity index (χ1n) is 12.6. The van der Waals surface area contributed by atoms with Crippen LogP contribution in [-0.4, -0.2) is 38.7 Å². The first kappa shape index (κ1) is 26.3. The average Bonchev–Trinajstić information content (AvgIpc) is 2.87. The number of allylic oxidation sites excluding steroid dienone is 3. The minimum absolute atomic E-state index is 0.0611. The molecule has 0 radical (unpaired) electrons. The van der Waals surface area contributed by atoms with Crippen molar-refractivity contribution in [3.63, 3.8) is 0 Å². The Bertz CT molecular complexity index is 1230. The van der Waals surface area contributed by atoms with Crippen LogP contribution in [0.25, 0.3) is 0 Å². The summed E-state index contributed by atoms with van der Waals surface area (Å²) in [5.41, 5.74) is 3.76. The predicted molar refractivity (Wildman–Crippen MR) is 141 cm³/mol. The lowest BCUT2D eigenvalue weighted by Gasteiger charge is -2.39. The molecule has 0 spiro atoms. The molecule has 37 heavy (non-hydrogen) atoms. The van der Waals surface area contributed by atoms with Crippen molar-refractivity contribution in [2.24, 2.45) is 5.92 Å². The first-order chi connectivity index (χ1) is 17.8. The zero-order chi connectivity index (χ0) is 26.7. The number of benzene rings is 2. The van der Waals surface area contributed by atoms with Crippen LogP contribution in [-0.2, 0) is 14.3 Å². The number of methoxy groups -OCH3 is 2. The Morgan fingerprint density at radius 3 is 2.32 bits per heavy atom. The molecule has 1 N–H and O–H groups in total. The smallest absolute Gasteiger partial charge is 0.336 e. The van der Waals surface area contributed by atoms with E-state index < -0.39 is 17.8 Å². The largest absolute Gasteiger partial charge is 0.497 e. The first-order valence-corrected chi connectivity index (χ1v) is 12.6. The van der Waals surface area contributed by atoms with Crippen molar-refractivity contribution in [2.75, 3.05) is 20.8 Å². The zero-order valence-electron chi connectivity index (χ0n) is 22.3. The molecule has 1 aliphatic carbocycles. The molecule has 0 aromatic heterocycles. The van der Waals surface area contributed by atoms with Gasteiger partial charge >= 0.3 is 5.97 Å². The molecule has 0 saturated carbocycles. The molecular formula is C30H35NO6. The van der Waals surface area contributed by atoms with Gasteiger partial charge in [0, 0.05) is 29.7 Å². The molecule has 7 heteroatoms. The number of nitrogens with one attached hydrogen (secondary N) is 1. The van der Waals surface area contributed by atoms with Gasteiger partial charge in [0.2, 0.25) is 0 Å². The Labute approximate surface area is 218 Å². The molecule has 0 saturated heterocycles. The third-order valence-corrected chi connectivity index (χ3v) is 6.82. The van der Waals surface area contributed by atoms with Gasteiger partial charge < -0.3 is 24.3 Å². The molecule has 0 fully saturated rings. The van der Waals surface area contributed by atoms with Gasteiger partial charge in [0.25, 0.3) is 0 Å². The minimum atomic E-state index is -0.546. The highest BCUT2D eigenvalue weighted by molar-refractivity contribution is 5.96. The van der Waals surface area contributed by atoms with Gasteiger partial charge in [-0.25, -0.2) is 4.79 Å². The normalized spacial score (nSPS) is 21.1. The molecule has 3 unspecified atom stereocenters. The van der Waals surface area contributed by atoms with Crippen LogP contribution >= 0.6 is 0 Å². The second-order valence-corrected chi connectivity index (χ2v) is 9.59. The molecule has 4 rings (SSSR count). The lowest BCUT2D eigenvalue weighted by Crippen LogP contribution is -2.42. The minimum Gasteiger partial charge on any atom is -0.497 e. The maximum Gasteiger partial charge on any atom is 0.336 e. The van der Waals surface area contributed by atoms with Crippen molar-refractivity contribution in [1.82, 2.24) is 5.32 Å². The van der Waals surface area contributed by atoms with E-state index in [1.807, 2.05) is 70.2 Å². The van der Waals surface area contributed by atoms with Crippen molar-refractivity contribution in [2.45, 2.75) is 52.1 Å². The van der Waals surface area contributed by atoms with Crippen LogP contribution in [0.3, 0.4) is 0 Å². The fraction of sp³-hybridized carbons (Fsp3) is 0.400. The lowest BCUT2D eigenvalue weighted by molar-refractivity contribution is -0.143. The van der Waals surface area contributed by atoms with E-state index in [9.17, 15) is 9.59 Å². The average molecular weight is 506 g/mol. The van der Waals surface area contributed by atoms with Gasteiger partial charge in [0.1, 0.15) is 11.5 Å². The fourth-order valence-corrected chi connectivity index (χ4v) is 5.20. The Kier molecular flexibility index (Phi) is 7.91. The second kappa shape index (κ2) is 11.1. The van der Waals surface area contributed by atoms with E-state index in [1.54, 1.807) is 14.2 Å². The molecule has 1 heterocycles. The quantitative estimate of drug-likeness (QED) is 0.489. The van der Waals surface area contributed by atoms with Crippen molar-refractivity contribution >= 4 is 11.8 Å². The van der Waals surface area contributed by atoms with Gasteiger partial charge in [-0.15, -0.1) is 0 Å². The number of esters is 1. The number of hydrogen-bond acceptors (Lipinski definition) is 7. The summed E-state index contributed by atoms with van der Waals surface area (Å²) in [5, 5.41) is 3.37. The summed E-state index contributed by atoms with van der Waals surface area (Å²) in [4.78, 5) is 27.1. The summed E-state index contributed by atoms with van der Waals surface area (Å²) < 4.78 is 22.2. The standard InChI is InChI=1S/C30H35NO6/c1-7-36-25-13-10-20(16-26(25)35-6)28-27(30(33)37-17(2)3)18(4)31-23-14-21(15-24(32)29(23)28)19-8-11-22(34-5)12-9-19/h8-14,16-17,21,28-29,31H,7,15H2,1-6H3. The van der Waals surface area contributed by atoms with Gasteiger partial charge in [-0.1, -0.05) is 24.3 Å². The van der Waals surface area contributed by atoms with Crippen LogP contribution in [0.1, 0.15) is 57.1 Å². The molecule has 2 aromatic rings. The van der Waals surface area contributed by atoms with Crippen LogP contribution in [0.15, 0.2) is 65.5 Å². The highest BCUT2D eigenvalue weighted by atomic mass is 16.5. The molecule has 3 atom stereocenters. The van der Waals surface area contributed by atoms with Gasteiger partial charge in [0.15, 0.2) is 11.5 Å². The Hall–Kier alpha value is -3.74. The molecule has 2 aliphatic rings. The number of ether oxygens (including phenoxy) is 4. The highest BCUT2D eigenvalue weighted by Crippen LogP contribution is 2.47. The van der Waals surface area contributed by atoms with Crippen LogP contribution in [0.4, 0.5) is 0 Å². The second-order valence-electron chi connectivity index (χ2n) is 9.59. The summed E-state index contributed by atoms with van der Waals surface area (Å²) in [7, 11) is 3.21. The highest BCUT2D eigenvalue weighted by Gasteiger charge is 2.45. The topological polar surface area (TPSA) is 83.1 Å². The SMILES string of the molecule is CCOc1ccc(C2C(C(=O)OC(C)C)=C(C)NC3=CC(c4ccc(OC)cc4)CC(=O)C32)cc1OC. The summed E-state index contributed by atoms with van der Waals surface area (Å²) in [6.45, 7) is 7.89. The van der Waals surface area contributed by atoms with Crippen LogP contribution in [0.5, 0.6) is 17.2 Å². The molecular weight excluding hydrogens is 470 g/mol. The number of rotatable bonds is 8. The van der Waals surface area contributed by atoms with Gasteiger partial charge in [0.05, 0.1) is 38.4 Å². The van der Waals surface area contributed by atoms with Crippen molar-refractivity contribution < 1.29 is 28.5 Å². The van der Waals surface area contributed by atoms with E-state index in [-0.39, 0.29) is 17.8 Å². The van der Waals surface area contributed by atoms with Gasteiger partial charge in [-0.05, 0) is 63.1 Å². The lowest BCUT2D eigenvalue weighted by atomic mass is 9.68. The number of ketones is 1. The molecule has 0 bridgehead atoms. The van der Waals surface area contributed by atoms with E-state index >= 15 is 0 Å². The van der Waals surface area contributed by atoms with Crippen molar-refractivity contribution in [3.8, 4) is 17.2 Å². The van der Waals surface area contributed by atoms with E-state index in [2.05, 4.69) is 11.4 Å². The van der Waals surface area contributed by atoms with Crippen molar-refractivity contribution in [1.29, 1.82) is 0 Å². The summed E-state index contributed by atoms with van der Waals surface area (Å²) in [5.74, 6) is 0.418. The zero-order valence-corrected chi connectivity index (χ0v) is 22.3. The van der Waals surface area contributed by atoms with E-state index in [0.717, 1.165) is 22.6 Å². The number of fused-ring (bicyclic) bond motifs is 1. The van der Waals surface area contributed by atoms with E-state index in [1.165, 1.54) is 0 Å². The molecule has 1 aliphatic heterocycles. The number of carbonyl (C=O) groups excluding carboxylic acids is 2. The number of carbonyl (C=O) groups is 2. The number of hydrogen-bond donors (Lipinski definition) is 1. The monoisotopic (exact) mass is 505 g/mol. The summed E-state index contributed by atoms with van der Waals surface area (Å²) in [6.07, 6.45) is 2.15. The van der Waals surface area contributed by atoms with Crippen LogP contribution in [0.2, 0.25) is 0 Å². The van der Waals surface area contributed by atoms with Gasteiger partial charge in [-0.3, -0.25) is 4.79 Å². The van der Waals surface area contributed by atoms with Crippen LogP contribution in [0, 0.1) is 5.92 Å². The van der Waals surface area contributed by atoms with E-state index in [0.29, 0.717) is 35.8 Å². The number of Topliss-reactive ketones (excluding diaryl/α,β-unsaturated/α-hetero) is 1. The summed E-state index contributed by atoms with van der Waals surface area (Å²) >= 11 is 0. The summed E-state index contributed by atoms with van der Waals surface area (Å²) in [6, 6.07) is 13.4. The fourth-order valence-electron chi connectivity index (χ4n) is 5.20. The molecule has 0 amide bonds. The Morgan fingerprint density at radius 2 is 1.70 bits per heavy atom. The van der Waals surface area contributed by atoms with Crippen molar-refractivity contribution in [3.05, 3.63) is 76.6 Å². The maximum absolute atomic E-state index is 13.8. The third-order valence-electron chi connectivity index (χ3n) is 6.82. The molecule has 2 aromatic carbocycles. The molecule has 196 valence electrons. The maximum atomic E-state index is 13.8. The Morgan fingerprint density at radius 1 is 1.00 bits per heavy atom. The van der Waals surface area contributed by atoms with E-state index in [4.69, 9.17) is 18.9 Å². The van der Waals surface area contributed by atoms with Gasteiger partial charge in [-0.2, -0.15) is 0 Å². The Balaban J connectivity index is 1.82.